The zero-order valence-electron chi connectivity index (χ0n) is 13.4. The van der Waals surface area contributed by atoms with Gasteiger partial charge in [0, 0.05) is 17.1 Å². The summed E-state index contributed by atoms with van der Waals surface area (Å²) in [4.78, 5) is 0. The Morgan fingerprint density at radius 3 is 1.00 bits per heavy atom. The largest absolute Gasteiger partial charge is 0.0654 e. The molecule has 0 spiro atoms. The summed E-state index contributed by atoms with van der Waals surface area (Å²) < 4.78 is 0. The minimum absolute atomic E-state index is 0. The molecule has 0 aliphatic heterocycles. The third kappa shape index (κ3) is 21.0. The Hall–Kier alpha value is 0.519. The van der Waals surface area contributed by atoms with Gasteiger partial charge in [-0.1, -0.05) is 117 Å². The van der Waals surface area contributed by atoms with Crippen LogP contribution in [-0.4, -0.2) is 0 Å². The first kappa shape index (κ1) is 21.8. The second-order valence-corrected chi connectivity index (χ2v) is 5.80. The molecule has 0 saturated heterocycles. The van der Waals surface area contributed by atoms with Crippen molar-refractivity contribution >= 4 is 0 Å². The van der Waals surface area contributed by atoms with Gasteiger partial charge in [-0.2, -0.15) is 0 Å². The van der Waals surface area contributed by atoms with Gasteiger partial charge >= 0.3 is 0 Å². The Balaban J connectivity index is 0. The normalized spacial score (nSPS) is 10.4. The Morgan fingerprint density at radius 1 is 0.474 bits per heavy atom. The van der Waals surface area contributed by atoms with Gasteiger partial charge in [-0.05, 0) is 0 Å². The first-order chi connectivity index (χ1) is 8.91. The molecule has 0 N–H and O–H groups in total. The monoisotopic (exact) mass is 309 g/mol. The summed E-state index contributed by atoms with van der Waals surface area (Å²) in [5.41, 5.74) is 0. The number of hydrogen-bond donors (Lipinski definition) is 0. The molecule has 0 aliphatic carbocycles. The minimum atomic E-state index is 0. The fourth-order valence-corrected chi connectivity index (χ4v) is 2.55. The van der Waals surface area contributed by atoms with Crippen LogP contribution in [0.25, 0.3) is 0 Å². The smallest absolute Gasteiger partial charge is 0 e. The van der Waals surface area contributed by atoms with Crippen molar-refractivity contribution in [1.82, 2.24) is 0 Å². The number of rotatable bonds is 15. The molecule has 0 bridgehead atoms. The molecule has 0 aromatic carbocycles. The standard InChI is InChI=1S/C18H37.Fe/c1-3-5-7-9-11-13-15-17-18-16-14-12-10-8-6-4-2;/h1,3-18H2,2H3;. The first-order valence-corrected chi connectivity index (χ1v) is 8.71. The fraction of sp³-hybridized carbons (Fsp3) is 0.944. The molecule has 0 unspecified atom stereocenters. The number of hydrogen-bond acceptors (Lipinski definition) is 0. The van der Waals surface area contributed by atoms with Gasteiger partial charge < -0.3 is 0 Å². The van der Waals surface area contributed by atoms with E-state index in [1.54, 1.807) is 0 Å². The van der Waals surface area contributed by atoms with Crippen LogP contribution in [0.15, 0.2) is 0 Å². The van der Waals surface area contributed by atoms with Crippen LogP contribution in [-0.2, 0) is 17.1 Å². The third-order valence-electron chi connectivity index (χ3n) is 3.85. The van der Waals surface area contributed by atoms with E-state index in [1.165, 1.54) is 96.3 Å². The van der Waals surface area contributed by atoms with Crippen molar-refractivity contribution in [2.75, 3.05) is 0 Å². The van der Waals surface area contributed by atoms with Crippen LogP contribution in [0.1, 0.15) is 110 Å². The zero-order chi connectivity index (χ0) is 13.3. The minimum Gasteiger partial charge on any atom is -0.0654 e. The Labute approximate surface area is 134 Å². The Kier molecular flexibility index (Phi) is 23.9. The molecule has 19 heavy (non-hydrogen) atoms. The van der Waals surface area contributed by atoms with Gasteiger partial charge in [0.05, 0.1) is 0 Å². The van der Waals surface area contributed by atoms with E-state index in [2.05, 4.69) is 13.8 Å². The summed E-state index contributed by atoms with van der Waals surface area (Å²) in [6.45, 7) is 6.18. The molecule has 0 rings (SSSR count). The molecule has 0 saturated carbocycles. The maximum absolute atomic E-state index is 3.88. The average Bonchev–Trinajstić information content (AvgIpc) is 2.39. The molecular weight excluding hydrogens is 272 g/mol. The molecule has 0 nitrogen and oxygen atoms in total. The van der Waals surface area contributed by atoms with Crippen molar-refractivity contribution in [3.05, 3.63) is 6.92 Å². The van der Waals surface area contributed by atoms with E-state index in [0.29, 0.717) is 0 Å². The van der Waals surface area contributed by atoms with Crippen molar-refractivity contribution in [3.63, 3.8) is 0 Å². The van der Waals surface area contributed by atoms with Crippen LogP contribution in [0.5, 0.6) is 0 Å². The van der Waals surface area contributed by atoms with Crippen molar-refractivity contribution in [1.29, 1.82) is 0 Å². The van der Waals surface area contributed by atoms with Crippen molar-refractivity contribution in [2.45, 2.75) is 110 Å². The summed E-state index contributed by atoms with van der Waals surface area (Å²) in [6, 6.07) is 0. The fourth-order valence-electron chi connectivity index (χ4n) is 2.55. The molecule has 0 heterocycles. The summed E-state index contributed by atoms with van der Waals surface area (Å²) in [6.07, 6.45) is 22.8. The van der Waals surface area contributed by atoms with Crippen LogP contribution in [0.3, 0.4) is 0 Å². The van der Waals surface area contributed by atoms with E-state index in [-0.39, 0.29) is 17.1 Å². The van der Waals surface area contributed by atoms with E-state index in [0.717, 1.165) is 6.42 Å². The summed E-state index contributed by atoms with van der Waals surface area (Å²) in [5.74, 6) is 0. The molecular formula is C18H37Fe. The van der Waals surface area contributed by atoms with Gasteiger partial charge in [0.15, 0.2) is 0 Å². The van der Waals surface area contributed by atoms with Gasteiger partial charge in [0.2, 0.25) is 0 Å². The maximum atomic E-state index is 3.88. The van der Waals surface area contributed by atoms with Crippen LogP contribution in [0, 0.1) is 6.92 Å². The average molecular weight is 309 g/mol. The zero-order valence-corrected chi connectivity index (χ0v) is 14.5. The summed E-state index contributed by atoms with van der Waals surface area (Å²) in [7, 11) is 0. The predicted octanol–water partition coefficient (Wildman–Crippen LogP) is 7.08. The van der Waals surface area contributed by atoms with Crippen molar-refractivity contribution in [2.24, 2.45) is 0 Å². The maximum Gasteiger partial charge on any atom is 0 e. The predicted molar refractivity (Wildman–Crippen MR) is 84.9 cm³/mol. The second-order valence-electron chi connectivity index (χ2n) is 5.80. The van der Waals surface area contributed by atoms with Crippen LogP contribution >= 0.6 is 0 Å². The van der Waals surface area contributed by atoms with Crippen LogP contribution < -0.4 is 0 Å². The molecule has 1 radical (unpaired) electrons. The van der Waals surface area contributed by atoms with Gasteiger partial charge in [-0.15, -0.1) is 0 Å². The molecule has 0 fully saturated rings. The first-order valence-electron chi connectivity index (χ1n) is 8.71. The van der Waals surface area contributed by atoms with Crippen LogP contribution in [0.2, 0.25) is 0 Å². The number of unbranched alkanes of at least 4 members (excludes halogenated alkanes) is 15. The third-order valence-corrected chi connectivity index (χ3v) is 3.85. The van der Waals surface area contributed by atoms with E-state index in [9.17, 15) is 0 Å². The van der Waals surface area contributed by atoms with E-state index in [4.69, 9.17) is 0 Å². The van der Waals surface area contributed by atoms with Gasteiger partial charge in [0.1, 0.15) is 0 Å². The molecule has 0 atom stereocenters. The SMILES string of the molecule is [CH2]CCCCCCCCCCCCCCCCC.[Fe]. The molecule has 0 aromatic rings. The van der Waals surface area contributed by atoms with E-state index in [1.807, 2.05) is 0 Å². The quantitative estimate of drug-likeness (QED) is 0.224. The molecule has 0 aliphatic rings. The van der Waals surface area contributed by atoms with Crippen molar-refractivity contribution < 1.29 is 17.1 Å². The summed E-state index contributed by atoms with van der Waals surface area (Å²) >= 11 is 0. The van der Waals surface area contributed by atoms with E-state index < -0.39 is 0 Å². The Morgan fingerprint density at radius 2 is 0.737 bits per heavy atom. The van der Waals surface area contributed by atoms with Gasteiger partial charge in [0.25, 0.3) is 0 Å². The molecule has 0 aromatic heterocycles. The molecule has 117 valence electrons. The van der Waals surface area contributed by atoms with Crippen molar-refractivity contribution in [3.8, 4) is 0 Å². The summed E-state index contributed by atoms with van der Waals surface area (Å²) in [5, 5.41) is 0. The molecule has 0 amide bonds. The second kappa shape index (κ2) is 20.8. The van der Waals surface area contributed by atoms with Gasteiger partial charge in [-0.25, -0.2) is 0 Å². The van der Waals surface area contributed by atoms with Crippen LogP contribution in [0.4, 0.5) is 0 Å². The Bertz CT molecular complexity index is 118. The van der Waals surface area contributed by atoms with E-state index >= 15 is 0 Å². The topological polar surface area (TPSA) is 0 Å². The van der Waals surface area contributed by atoms with Gasteiger partial charge in [-0.3, -0.25) is 0 Å². The molecule has 1 heteroatoms.